The Bertz CT molecular complexity index is 1230. The van der Waals surface area contributed by atoms with Crippen LogP contribution in [0.3, 0.4) is 0 Å². The molecule has 0 spiro atoms. The van der Waals surface area contributed by atoms with Crippen LogP contribution in [-0.4, -0.2) is 14.7 Å². The van der Waals surface area contributed by atoms with E-state index < -0.39 is 10.0 Å². The van der Waals surface area contributed by atoms with Gasteiger partial charge >= 0.3 is 0 Å². The third kappa shape index (κ3) is 4.59. The second kappa shape index (κ2) is 8.35. The summed E-state index contributed by atoms with van der Waals surface area (Å²) in [5.41, 5.74) is 12.0. The van der Waals surface area contributed by atoms with E-state index in [1.807, 2.05) is 12.1 Å². The Morgan fingerprint density at radius 3 is 1.97 bits per heavy atom. The molecule has 0 amide bonds. The SMILES string of the molecule is CCC(=C1c2ccc(C)cc2CCc2cc(C)ccc21)c1cccc(NS(C)(=O)=O)c1. The Kier molecular flexibility index (Phi) is 5.76. The van der Waals surface area contributed by atoms with Gasteiger partial charge in [-0.2, -0.15) is 0 Å². The molecule has 0 saturated carbocycles. The van der Waals surface area contributed by atoms with Gasteiger partial charge in [-0.25, -0.2) is 8.42 Å². The number of allylic oxidation sites excluding steroid dienone is 1. The minimum absolute atomic E-state index is 0.591. The molecular formula is C27H29NO2S. The Morgan fingerprint density at radius 2 is 1.45 bits per heavy atom. The lowest BCUT2D eigenvalue weighted by Crippen LogP contribution is -2.09. The first-order valence-corrected chi connectivity index (χ1v) is 12.7. The van der Waals surface area contributed by atoms with Crippen LogP contribution in [0.2, 0.25) is 0 Å². The number of anilines is 1. The van der Waals surface area contributed by atoms with E-state index in [0.717, 1.165) is 24.8 Å². The van der Waals surface area contributed by atoms with Gasteiger partial charge in [-0.3, -0.25) is 4.72 Å². The molecular weight excluding hydrogens is 402 g/mol. The number of benzene rings is 3. The summed E-state index contributed by atoms with van der Waals surface area (Å²) in [6.45, 7) is 6.46. The molecule has 1 N–H and O–H groups in total. The third-order valence-corrected chi connectivity index (χ3v) is 6.50. The molecule has 31 heavy (non-hydrogen) atoms. The van der Waals surface area contributed by atoms with Gasteiger partial charge in [0, 0.05) is 5.69 Å². The zero-order chi connectivity index (χ0) is 22.2. The summed E-state index contributed by atoms with van der Waals surface area (Å²) in [4.78, 5) is 0. The maximum Gasteiger partial charge on any atom is 0.229 e. The van der Waals surface area contributed by atoms with E-state index in [9.17, 15) is 8.42 Å². The summed E-state index contributed by atoms with van der Waals surface area (Å²) >= 11 is 0. The predicted molar refractivity (Wildman–Crippen MR) is 131 cm³/mol. The van der Waals surface area contributed by atoms with Crippen LogP contribution in [0.25, 0.3) is 11.1 Å². The highest BCUT2D eigenvalue weighted by atomic mass is 32.2. The highest BCUT2D eigenvalue weighted by Gasteiger charge is 2.22. The Balaban J connectivity index is 2.00. The zero-order valence-corrected chi connectivity index (χ0v) is 19.4. The van der Waals surface area contributed by atoms with Gasteiger partial charge in [0.1, 0.15) is 0 Å². The average molecular weight is 432 g/mol. The highest BCUT2D eigenvalue weighted by Crippen LogP contribution is 2.40. The van der Waals surface area contributed by atoms with Crippen molar-refractivity contribution in [3.8, 4) is 0 Å². The van der Waals surface area contributed by atoms with Crippen LogP contribution in [0, 0.1) is 13.8 Å². The summed E-state index contributed by atoms with van der Waals surface area (Å²) < 4.78 is 26.2. The number of hydrogen-bond donors (Lipinski definition) is 1. The van der Waals surface area contributed by atoms with Gasteiger partial charge in [0.05, 0.1) is 6.26 Å². The van der Waals surface area contributed by atoms with Crippen LogP contribution in [0.4, 0.5) is 5.69 Å². The van der Waals surface area contributed by atoms with Crippen molar-refractivity contribution in [1.82, 2.24) is 0 Å². The Labute approximate surface area is 185 Å². The first kappa shape index (κ1) is 21.4. The van der Waals surface area contributed by atoms with E-state index in [1.165, 1.54) is 50.8 Å². The second-order valence-electron chi connectivity index (χ2n) is 8.48. The quantitative estimate of drug-likeness (QED) is 0.539. The van der Waals surface area contributed by atoms with E-state index >= 15 is 0 Å². The molecule has 0 radical (unpaired) electrons. The van der Waals surface area contributed by atoms with Gasteiger partial charge < -0.3 is 0 Å². The number of nitrogens with one attached hydrogen (secondary N) is 1. The fourth-order valence-corrected chi connectivity index (χ4v) is 5.15. The van der Waals surface area contributed by atoms with Gasteiger partial charge in [-0.05, 0) is 84.2 Å². The Morgan fingerprint density at radius 1 is 0.871 bits per heavy atom. The van der Waals surface area contributed by atoms with E-state index in [0.29, 0.717) is 5.69 Å². The fraction of sp³-hybridized carbons (Fsp3) is 0.259. The smallest absolute Gasteiger partial charge is 0.229 e. The summed E-state index contributed by atoms with van der Waals surface area (Å²) in [7, 11) is -3.33. The number of rotatable bonds is 4. The van der Waals surface area contributed by atoms with E-state index in [2.05, 4.69) is 68.0 Å². The van der Waals surface area contributed by atoms with Crippen molar-refractivity contribution in [1.29, 1.82) is 0 Å². The van der Waals surface area contributed by atoms with E-state index in [1.54, 1.807) is 6.07 Å². The zero-order valence-electron chi connectivity index (χ0n) is 18.6. The fourth-order valence-electron chi connectivity index (χ4n) is 4.60. The number of aryl methyl sites for hydroxylation is 4. The van der Waals surface area contributed by atoms with Crippen LogP contribution in [0.1, 0.15) is 52.3 Å². The van der Waals surface area contributed by atoms with Gasteiger partial charge in [0.15, 0.2) is 0 Å². The molecule has 1 aliphatic carbocycles. The van der Waals surface area contributed by atoms with Gasteiger partial charge in [-0.1, -0.05) is 66.6 Å². The standard InChI is InChI=1S/C27H29NO2S/c1-5-24(20-7-6-8-23(17-20)28-31(4,29)30)27-25-13-9-18(2)15-21(25)11-12-22-16-19(3)10-14-26(22)27/h6-10,13-17,28H,5,11-12H2,1-4H3. The van der Waals surface area contributed by atoms with Gasteiger partial charge in [0.2, 0.25) is 10.0 Å². The van der Waals surface area contributed by atoms with Crippen molar-refractivity contribution in [2.24, 2.45) is 0 Å². The minimum atomic E-state index is -3.33. The lowest BCUT2D eigenvalue weighted by Gasteiger charge is -2.19. The maximum absolute atomic E-state index is 11.8. The normalized spacial score (nSPS) is 13.2. The first-order chi connectivity index (χ1) is 14.7. The van der Waals surface area contributed by atoms with Gasteiger partial charge in [-0.15, -0.1) is 0 Å². The second-order valence-corrected chi connectivity index (χ2v) is 10.2. The number of fused-ring (bicyclic) bond motifs is 2. The van der Waals surface area contributed by atoms with E-state index in [-0.39, 0.29) is 0 Å². The molecule has 0 heterocycles. The molecule has 3 nitrogen and oxygen atoms in total. The largest absolute Gasteiger partial charge is 0.284 e. The molecule has 0 aromatic heterocycles. The summed E-state index contributed by atoms with van der Waals surface area (Å²) in [6, 6.07) is 21.2. The van der Waals surface area contributed by atoms with Crippen molar-refractivity contribution in [2.45, 2.75) is 40.0 Å². The lowest BCUT2D eigenvalue weighted by atomic mass is 9.85. The van der Waals surface area contributed by atoms with Crippen molar-refractivity contribution in [3.05, 3.63) is 99.6 Å². The summed E-state index contributed by atoms with van der Waals surface area (Å²) in [5.74, 6) is 0. The third-order valence-electron chi connectivity index (χ3n) is 5.89. The van der Waals surface area contributed by atoms with Crippen LogP contribution in [0.5, 0.6) is 0 Å². The number of hydrogen-bond acceptors (Lipinski definition) is 2. The van der Waals surface area contributed by atoms with Crippen LogP contribution >= 0.6 is 0 Å². The van der Waals surface area contributed by atoms with Crippen molar-refractivity contribution in [2.75, 3.05) is 11.0 Å². The molecule has 0 atom stereocenters. The molecule has 1 aliphatic rings. The predicted octanol–water partition coefficient (Wildman–Crippen LogP) is 6.14. The van der Waals surface area contributed by atoms with Crippen molar-refractivity contribution in [3.63, 3.8) is 0 Å². The monoisotopic (exact) mass is 431 g/mol. The van der Waals surface area contributed by atoms with Crippen LogP contribution in [-0.2, 0) is 22.9 Å². The topological polar surface area (TPSA) is 46.2 Å². The van der Waals surface area contributed by atoms with Crippen molar-refractivity contribution < 1.29 is 8.42 Å². The molecule has 4 rings (SSSR count). The van der Waals surface area contributed by atoms with E-state index in [4.69, 9.17) is 0 Å². The molecule has 0 saturated heterocycles. The molecule has 3 aromatic rings. The van der Waals surface area contributed by atoms with Gasteiger partial charge in [0.25, 0.3) is 0 Å². The van der Waals surface area contributed by atoms with Crippen LogP contribution in [0.15, 0.2) is 60.7 Å². The highest BCUT2D eigenvalue weighted by molar-refractivity contribution is 7.92. The summed E-state index contributed by atoms with van der Waals surface area (Å²) in [5, 5.41) is 0. The molecule has 0 fully saturated rings. The molecule has 0 bridgehead atoms. The molecule has 0 unspecified atom stereocenters. The maximum atomic E-state index is 11.8. The van der Waals surface area contributed by atoms with Crippen molar-refractivity contribution >= 4 is 26.9 Å². The molecule has 0 aliphatic heterocycles. The average Bonchev–Trinajstić information content (AvgIpc) is 2.84. The molecule has 3 aromatic carbocycles. The van der Waals surface area contributed by atoms with Crippen LogP contribution < -0.4 is 4.72 Å². The first-order valence-electron chi connectivity index (χ1n) is 10.8. The number of sulfonamides is 1. The summed E-state index contributed by atoms with van der Waals surface area (Å²) in [6.07, 6.45) is 4.06. The lowest BCUT2D eigenvalue weighted by molar-refractivity contribution is 0.607. The minimum Gasteiger partial charge on any atom is -0.284 e. The molecule has 4 heteroatoms. The molecule has 160 valence electrons. The Hall–Kier alpha value is -2.85.